The summed E-state index contributed by atoms with van der Waals surface area (Å²) in [5.41, 5.74) is 0.641. The Balaban J connectivity index is 1.81. The van der Waals surface area contributed by atoms with Gasteiger partial charge in [0.1, 0.15) is 6.26 Å². The molecule has 9 heteroatoms. The number of aliphatic imine (C=N–C) groups is 1. The molecule has 0 atom stereocenters. The highest BCUT2D eigenvalue weighted by Gasteiger charge is 2.26. The van der Waals surface area contributed by atoms with Gasteiger partial charge in [-0.3, -0.25) is 4.99 Å². The third-order valence-electron chi connectivity index (χ3n) is 2.65. The van der Waals surface area contributed by atoms with Gasteiger partial charge in [0, 0.05) is 13.6 Å². The molecule has 0 aliphatic rings. The molecular weight excluding hydrogens is 317 g/mol. The van der Waals surface area contributed by atoms with Gasteiger partial charge in [0.2, 0.25) is 5.89 Å². The van der Waals surface area contributed by atoms with Gasteiger partial charge >= 0.3 is 6.18 Å². The van der Waals surface area contributed by atoms with E-state index in [-0.39, 0.29) is 12.5 Å². The Bertz CT molecular complexity index is 607. The lowest BCUT2D eigenvalue weighted by atomic mass is 10.4. The minimum Gasteiger partial charge on any atom is -0.443 e. The van der Waals surface area contributed by atoms with Crippen molar-refractivity contribution < 1.29 is 17.6 Å². The van der Waals surface area contributed by atoms with E-state index >= 15 is 0 Å². The molecule has 0 saturated carbocycles. The first kappa shape index (κ1) is 16.3. The highest BCUT2D eigenvalue weighted by Crippen LogP contribution is 2.23. The van der Waals surface area contributed by atoms with E-state index in [4.69, 9.17) is 4.42 Å². The van der Waals surface area contributed by atoms with Gasteiger partial charge in [-0.25, -0.2) is 4.98 Å². The van der Waals surface area contributed by atoms with Crippen LogP contribution < -0.4 is 10.6 Å². The molecule has 0 bridgehead atoms. The maximum atomic E-state index is 12.1. The van der Waals surface area contributed by atoms with Crippen LogP contribution >= 0.6 is 11.3 Å². The molecule has 0 aliphatic heterocycles. The summed E-state index contributed by atoms with van der Waals surface area (Å²) in [6.07, 6.45) is -3.60. The Morgan fingerprint density at radius 1 is 1.41 bits per heavy atom. The molecule has 2 aromatic heterocycles. The number of nitrogens with zero attached hydrogens (tertiary/aromatic N) is 2. The van der Waals surface area contributed by atoms with Crippen molar-refractivity contribution in [3.8, 4) is 10.8 Å². The second kappa shape index (κ2) is 7.30. The standard InChI is InChI=1S/C13H15F3N4OS/c1-17-12(18-5-4-13(14,15)16)19-7-9-8-21-11(20-9)10-3-2-6-22-10/h2-3,6,8H,4-5,7H2,1H3,(H2,17,18,19). The van der Waals surface area contributed by atoms with E-state index in [1.807, 2.05) is 17.5 Å². The Morgan fingerprint density at radius 2 is 2.23 bits per heavy atom. The van der Waals surface area contributed by atoms with Crippen LogP contribution in [0.5, 0.6) is 0 Å². The van der Waals surface area contributed by atoms with E-state index in [9.17, 15) is 13.2 Å². The number of oxazole rings is 1. The zero-order chi connectivity index (χ0) is 16.0. The number of hydrogen-bond donors (Lipinski definition) is 2. The lowest BCUT2D eigenvalue weighted by Gasteiger charge is -2.11. The van der Waals surface area contributed by atoms with Gasteiger partial charge in [0.15, 0.2) is 5.96 Å². The Hall–Kier alpha value is -2.03. The van der Waals surface area contributed by atoms with Crippen LogP contribution in [0.25, 0.3) is 10.8 Å². The molecule has 120 valence electrons. The molecular formula is C13H15F3N4OS. The van der Waals surface area contributed by atoms with Crippen molar-refractivity contribution in [3.63, 3.8) is 0 Å². The molecule has 0 unspecified atom stereocenters. The van der Waals surface area contributed by atoms with Gasteiger partial charge < -0.3 is 15.1 Å². The highest BCUT2D eigenvalue weighted by molar-refractivity contribution is 7.13. The van der Waals surface area contributed by atoms with Crippen LogP contribution in [0.15, 0.2) is 33.2 Å². The monoisotopic (exact) mass is 332 g/mol. The zero-order valence-corrected chi connectivity index (χ0v) is 12.6. The minimum absolute atomic E-state index is 0.234. The number of rotatable bonds is 5. The van der Waals surface area contributed by atoms with Gasteiger partial charge in [-0.2, -0.15) is 13.2 Å². The molecule has 0 spiro atoms. The molecule has 0 aromatic carbocycles. The topological polar surface area (TPSA) is 62.5 Å². The number of alkyl halides is 3. The number of halogens is 3. The van der Waals surface area contributed by atoms with Crippen LogP contribution in [-0.2, 0) is 6.54 Å². The van der Waals surface area contributed by atoms with Crippen LogP contribution in [0.1, 0.15) is 12.1 Å². The van der Waals surface area contributed by atoms with E-state index in [1.165, 1.54) is 24.6 Å². The smallest absolute Gasteiger partial charge is 0.390 e. The van der Waals surface area contributed by atoms with Crippen LogP contribution in [-0.4, -0.2) is 30.7 Å². The Morgan fingerprint density at radius 3 is 2.86 bits per heavy atom. The molecule has 0 amide bonds. The first-order valence-electron chi connectivity index (χ1n) is 6.47. The Kier molecular flexibility index (Phi) is 5.42. The molecule has 2 N–H and O–H groups in total. The fourth-order valence-electron chi connectivity index (χ4n) is 1.62. The van der Waals surface area contributed by atoms with Crippen LogP contribution in [0.3, 0.4) is 0 Å². The molecule has 2 rings (SSSR count). The van der Waals surface area contributed by atoms with E-state index in [0.29, 0.717) is 18.1 Å². The molecule has 0 radical (unpaired) electrons. The summed E-state index contributed by atoms with van der Waals surface area (Å²) in [6, 6.07) is 3.79. The highest BCUT2D eigenvalue weighted by atomic mass is 32.1. The fourth-order valence-corrected chi connectivity index (χ4v) is 2.27. The van der Waals surface area contributed by atoms with Crippen LogP contribution in [0.2, 0.25) is 0 Å². The van der Waals surface area contributed by atoms with Crippen LogP contribution in [0, 0.1) is 0 Å². The predicted molar refractivity (Wildman–Crippen MR) is 78.7 cm³/mol. The van der Waals surface area contributed by atoms with Crippen molar-refractivity contribution in [3.05, 3.63) is 29.5 Å². The van der Waals surface area contributed by atoms with Crippen LogP contribution in [0.4, 0.5) is 13.2 Å². The fraction of sp³-hybridized carbons (Fsp3) is 0.385. The summed E-state index contributed by atoms with van der Waals surface area (Å²) >= 11 is 1.51. The average Bonchev–Trinajstić information content (AvgIpc) is 3.11. The first-order valence-corrected chi connectivity index (χ1v) is 7.35. The molecule has 5 nitrogen and oxygen atoms in total. The van der Waals surface area contributed by atoms with E-state index in [1.54, 1.807) is 0 Å². The maximum absolute atomic E-state index is 12.1. The van der Waals surface area contributed by atoms with Gasteiger partial charge in [0.25, 0.3) is 0 Å². The lowest BCUT2D eigenvalue weighted by molar-refractivity contribution is -0.132. The average molecular weight is 332 g/mol. The van der Waals surface area contributed by atoms with Crippen molar-refractivity contribution in [2.24, 2.45) is 4.99 Å². The second-order valence-electron chi connectivity index (χ2n) is 4.34. The largest absolute Gasteiger partial charge is 0.443 e. The molecule has 2 aromatic rings. The molecule has 0 aliphatic carbocycles. The third kappa shape index (κ3) is 5.06. The van der Waals surface area contributed by atoms with Gasteiger partial charge in [0.05, 0.1) is 23.5 Å². The van der Waals surface area contributed by atoms with Gasteiger partial charge in [-0.1, -0.05) is 6.07 Å². The lowest BCUT2D eigenvalue weighted by Crippen LogP contribution is -2.38. The number of guanidine groups is 1. The summed E-state index contributed by atoms with van der Waals surface area (Å²) in [7, 11) is 1.49. The van der Waals surface area contributed by atoms with Crippen molar-refractivity contribution >= 4 is 17.3 Å². The van der Waals surface area contributed by atoms with Crippen molar-refractivity contribution in [2.45, 2.75) is 19.1 Å². The number of hydrogen-bond acceptors (Lipinski definition) is 4. The normalized spacial score (nSPS) is 12.5. The summed E-state index contributed by atoms with van der Waals surface area (Å²) in [4.78, 5) is 9.06. The molecule has 22 heavy (non-hydrogen) atoms. The predicted octanol–water partition coefficient (Wildman–Crippen LogP) is 3.02. The molecule has 0 fully saturated rings. The van der Waals surface area contributed by atoms with Crippen molar-refractivity contribution in [2.75, 3.05) is 13.6 Å². The Labute approximate surface area is 129 Å². The molecule has 2 heterocycles. The van der Waals surface area contributed by atoms with Crippen molar-refractivity contribution in [1.82, 2.24) is 15.6 Å². The maximum Gasteiger partial charge on any atom is 0.390 e. The number of aromatic nitrogens is 1. The molecule has 0 saturated heterocycles. The SMILES string of the molecule is CN=C(NCCC(F)(F)F)NCc1coc(-c2cccs2)n1. The quantitative estimate of drug-likeness (QED) is 0.653. The summed E-state index contributed by atoms with van der Waals surface area (Å²) in [5.74, 6) is 0.803. The summed E-state index contributed by atoms with van der Waals surface area (Å²) in [5, 5.41) is 7.40. The third-order valence-corrected chi connectivity index (χ3v) is 3.50. The zero-order valence-electron chi connectivity index (χ0n) is 11.8. The minimum atomic E-state index is -4.19. The van der Waals surface area contributed by atoms with E-state index in [2.05, 4.69) is 20.6 Å². The van der Waals surface area contributed by atoms with E-state index in [0.717, 1.165) is 4.88 Å². The van der Waals surface area contributed by atoms with Gasteiger partial charge in [-0.05, 0) is 11.4 Å². The first-order chi connectivity index (χ1) is 10.5. The summed E-state index contributed by atoms with van der Waals surface area (Å²) < 4.78 is 41.6. The second-order valence-corrected chi connectivity index (χ2v) is 5.29. The van der Waals surface area contributed by atoms with Gasteiger partial charge in [-0.15, -0.1) is 11.3 Å². The number of thiophene rings is 1. The van der Waals surface area contributed by atoms with E-state index < -0.39 is 12.6 Å². The summed E-state index contributed by atoms with van der Waals surface area (Å²) in [6.45, 7) is 0.0724. The van der Waals surface area contributed by atoms with Crippen molar-refractivity contribution in [1.29, 1.82) is 0 Å². The number of nitrogens with one attached hydrogen (secondary N) is 2.